The molecule has 7 nitrogen and oxygen atoms in total. The fourth-order valence-electron chi connectivity index (χ4n) is 1.91. The van der Waals surface area contributed by atoms with E-state index in [1.54, 1.807) is 24.3 Å². The van der Waals surface area contributed by atoms with E-state index in [2.05, 4.69) is 15.3 Å². The third-order valence-electron chi connectivity index (χ3n) is 3.27. The maximum absolute atomic E-state index is 11.7. The molecule has 22 heavy (non-hydrogen) atoms. The average Bonchev–Trinajstić information content (AvgIpc) is 3.34. The van der Waals surface area contributed by atoms with E-state index in [9.17, 15) is 4.79 Å². The quantitative estimate of drug-likeness (QED) is 0.821. The summed E-state index contributed by atoms with van der Waals surface area (Å²) in [6.07, 6.45) is 3.21. The van der Waals surface area contributed by atoms with Crippen molar-refractivity contribution in [3.05, 3.63) is 30.6 Å². The van der Waals surface area contributed by atoms with Crippen molar-refractivity contribution in [2.24, 2.45) is 5.92 Å². The smallest absolute Gasteiger partial charge is 0.228 e. The Morgan fingerprint density at radius 1 is 1.32 bits per heavy atom. The number of rotatable bonds is 5. The summed E-state index contributed by atoms with van der Waals surface area (Å²) in [5.41, 5.74) is 6.28. The molecule has 1 amide bonds. The average molecular weight is 300 g/mol. The summed E-state index contributed by atoms with van der Waals surface area (Å²) < 4.78 is 10.8. The lowest BCUT2D eigenvalue weighted by Crippen LogP contribution is -2.14. The molecule has 0 unspecified atom stereocenters. The SMILES string of the molecule is COc1cc(Oc2cc(NC(=O)C3CC3)ncn2)ccc1N. The summed E-state index contributed by atoms with van der Waals surface area (Å²) >= 11 is 0. The van der Waals surface area contributed by atoms with E-state index in [1.165, 1.54) is 13.4 Å². The van der Waals surface area contributed by atoms with Crippen molar-refractivity contribution in [3.63, 3.8) is 0 Å². The highest BCUT2D eigenvalue weighted by atomic mass is 16.5. The maximum Gasteiger partial charge on any atom is 0.228 e. The first kappa shape index (κ1) is 14.1. The molecule has 3 N–H and O–H groups in total. The van der Waals surface area contributed by atoms with Crippen LogP contribution in [0.5, 0.6) is 17.4 Å². The number of carbonyl (C=O) groups is 1. The molecule has 0 saturated heterocycles. The normalized spacial score (nSPS) is 13.5. The number of carbonyl (C=O) groups excluding carboxylic acids is 1. The molecule has 1 aliphatic rings. The molecule has 1 heterocycles. The van der Waals surface area contributed by atoms with Gasteiger partial charge in [0, 0.05) is 18.1 Å². The zero-order chi connectivity index (χ0) is 15.5. The molecule has 0 spiro atoms. The number of nitrogens with two attached hydrogens (primary N) is 1. The number of anilines is 2. The predicted molar refractivity (Wildman–Crippen MR) is 80.9 cm³/mol. The molecular formula is C15H16N4O3. The summed E-state index contributed by atoms with van der Waals surface area (Å²) in [5, 5.41) is 2.75. The van der Waals surface area contributed by atoms with Crippen LogP contribution in [0.25, 0.3) is 0 Å². The summed E-state index contributed by atoms with van der Waals surface area (Å²) in [6, 6.07) is 6.64. The third-order valence-corrected chi connectivity index (χ3v) is 3.27. The van der Waals surface area contributed by atoms with Crippen molar-refractivity contribution in [1.82, 2.24) is 9.97 Å². The summed E-state index contributed by atoms with van der Waals surface area (Å²) in [4.78, 5) is 19.8. The number of hydrogen-bond donors (Lipinski definition) is 2. The first-order valence-electron chi connectivity index (χ1n) is 6.90. The number of ether oxygens (including phenoxy) is 2. The van der Waals surface area contributed by atoms with Gasteiger partial charge in [0.1, 0.15) is 23.6 Å². The molecule has 0 atom stereocenters. The Labute approximate surface area is 127 Å². The molecule has 0 radical (unpaired) electrons. The van der Waals surface area contributed by atoms with E-state index in [0.29, 0.717) is 28.9 Å². The van der Waals surface area contributed by atoms with Gasteiger partial charge in [-0.3, -0.25) is 4.79 Å². The van der Waals surface area contributed by atoms with Crippen LogP contribution in [0.2, 0.25) is 0 Å². The van der Waals surface area contributed by atoms with Crippen molar-refractivity contribution in [2.75, 3.05) is 18.2 Å². The lowest BCUT2D eigenvalue weighted by molar-refractivity contribution is -0.117. The molecule has 1 aliphatic carbocycles. The Bertz CT molecular complexity index is 701. The maximum atomic E-state index is 11.7. The minimum Gasteiger partial charge on any atom is -0.494 e. The summed E-state index contributed by atoms with van der Waals surface area (Å²) in [5.74, 6) is 1.90. The minimum atomic E-state index is -0.0150. The number of methoxy groups -OCH3 is 1. The highest BCUT2D eigenvalue weighted by molar-refractivity contribution is 5.93. The van der Waals surface area contributed by atoms with Gasteiger partial charge in [-0.25, -0.2) is 9.97 Å². The van der Waals surface area contributed by atoms with E-state index >= 15 is 0 Å². The van der Waals surface area contributed by atoms with Crippen molar-refractivity contribution in [1.29, 1.82) is 0 Å². The molecule has 114 valence electrons. The lowest BCUT2D eigenvalue weighted by atomic mass is 10.3. The fourth-order valence-corrected chi connectivity index (χ4v) is 1.91. The lowest BCUT2D eigenvalue weighted by Gasteiger charge is -2.09. The zero-order valence-electron chi connectivity index (χ0n) is 12.1. The van der Waals surface area contributed by atoms with Crippen LogP contribution in [0, 0.1) is 5.92 Å². The number of hydrogen-bond acceptors (Lipinski definition) is 6. The van der Waals surface area contributed by atoms with Crippen LogP contribution < -0.4 is 20.5 Å². The van der Waals surface area contributed by atoms with Gasteiger partial charge in [-0.15, -0.1) is 0 Å². The molecule has 2 aromatic rings. The van der Waals surface area contributed by atoms with Gasteiger partial charge in [-0.1, -0.05) is 0 Å². The van der Waals surface area contributed by atoms with Crippen LogP contribution in [0.3, 0.4) is 0 Å². The first-order valence-corrected chi connectivity index (χ1v) is 6.90. The fraction of sp³-hybridized carbons (Fsp3) is 0.267. The van der Waals surface area contributed by atoms with Gasteiger partial charge < -0.3 is 20.5 Å². The van der Waals surface area contributed by atoms with E-state index < -0.39 is 0 Å². The third kappa shape index (κ3) is 3.25. The second-order valence-electron chi connectivity index (χ2n) is 5.01. The van der Waals surface area contributed by atoms with E-state index in [0.717, 1.165) is 12.8 Å². The van der Waals surface area contributed by atoms with Gasteiger partial charge in [0.15, 0.2) is 0 Å². The zero-order valence-corrected chi connectivity index (χ0v) is 12.1. The van der Waals surface area contributed by atoms with Crippen LogP contribution in [0.4, 0.5) is 11.5 Å². The second kappa shape index (κ2) is 5.88. The van der Waals surface area contributed by atoms with Gasteiger partial charge in [-0.2, -0.15) is 0 Å². The van der Waals surface area contributed by atoms with Crippen molar-refractivity contribution in [3.8, 4) is 17.4 Å². The van der Waals surface area contributed by atoms with Gasteiger partial charge >= 0.3 is 0 Å². The number of nitrogen functional groups attached to an aromatic ring is 1. The van der Waals surface area contributed by atoms with Crippen LogP contribution in [-0.2, 0) is 4.79 Å². The van der Waals surface area contributed by atoms with Gasteiger partial charge in [0.05, 0.1) is 12.8 Å². The predicted octanol–water partition coefficient (Wildman–Crippen LogP) is 2.21. The Balaban J connectivity index is 1.73. The van der Waals surface area contributed by atoms with Gasteiger partial charge in [0.2, 0.25) is 11.8 Å². The molecule has 0 bridgehead atoms. The summed E-state index contributed by atoms with van der Waals surface area (Å²) in [6.45, 7) is 0. The van der Waals surface area contributed by atoms with Crippen LogP contribution >= 0.6 is 0 Å². The molecular weight excluding hydrogens is 284 g/mol. The highest BCUT2D eigenvalue weighted by Crippen LogP contribution is 2.31. The Morgan fingerprint density at radius 3 is 2.86 bits per heavy atom. The number of nitrogens with zero attached hydrogens (tertiary/aromatic N) is 2. The first-order chi connectivity index (χ1) is 10.7. The summed E-state index contributed by atoms with van der Waals surface area (Å²) in [7, 11) is 1.53. The van der Waals surface area contributed by atoms with Crippen LogP contribution in [0.1, 0.15) is 12.8 Å². The monoisotopic (exact) mass is 300 g/mol. The van der Waals surface area contributed by atoms with E-state index in [1.807, 2.05) is 0 Å². The molecule has 1 saturated carbocycles. The van der Waals surface area contributed by atoms with Crippen LogP contribution in [0.15, 0.2) is 30.6 Å². The van der Waals surface area contributed by atoms with Crippen molar-refractivity contribution < 1.29 is 14.3 Å². The highest BCUT2D eigenvalue weighted by Gasteiger charge is 2.29. The largest absolute Gasteiger partial charge is 0.494 e. The Kier molecular flexibility index (Phi) is 3.78. The van der Waals surface area contributed by atoms with Crippen molar-refractivity contribution in [2.45, 2.75) is 12.8 Å². The minimum absolute atomic E-state index is 0.0150. The number of nitrogens with one attached hydrogen (secondary N) is 1. The molecule has 0 aliphatic heterocycles. The molecule has 1 aromatic heterocycles. The Hall–Kier alpha value is -2.83. The van der Waals surface area contributed by atoms with Crippen molar-refractivity contribution >= 4 is 17.4 Å². The molecule has 1 fully saturated rings. The number of benzene rings is 1. The molecule has 1 aromatic carbocycles. The Morgan fingerprint density at radius 2 is 2.14 bits per heavy atom. The molecule has 3 rings (SSSR count). The molecule has 7 heteroatoms. The number of aromatic nitrogens is 2. The van der Waals surface area contributed by atoms with E-state index in [-0.39, 0.29) is 11.8 Å². The second-order valence-corrected chi connectivity index (χ2v) is 5.01. The van der Waals surface area contributed by atoms with Gasteiger partial charge in [0.25, 0.3) is 0 Å². The van der Waals surface area contributed by atoms with Gasteiger partial charge in [-0.05, 0) is 25.0 Å². The topological polar surface area (TPSA) is 99.4 Å². The van der Waals surface area contributed by atoms with E-state index in [4.69, 9.17) is 15.2 Å². The number of amides is 1. The standard InChI is InChI=1S/C15H16N4O3/c1-21-12-6-10(4-5-11(12)16)22-14-7-13(17-8-18-14)19-15(20)9-2-3-9/h4-9H,2-3,16H2,1H3,(H,17,18,19,20). The van der Waals surface area contributed by atoms with Crippen LogP contribution in [-0.4, -0.2) is 23.0 Å².